The lowest BCUT2D eigenvalue weighted by molar-refractivity contribution is -0.121. The highest BCUT2D eigenvalue weighted by atomic mass is 32.2. The predicted molar refractivity (Wildman–Crippen MR) is 87.3 cm³/mol. The van der Waals surface area contributed by atoms with E-state index in [1.165, 1.54) is 0 Å². The minimum atomic E-state index is -3.58. The quantitative estimate of drug-likeness (QED) is 0.840. The van der Waals surface area contributed by atoms with E-state index in [2.05, 4.69) is 10.5 Å². The smallest absolute Gasteiger partial charge is 0.263 e. The van der Waals surface area contributed by atoms with Crippen molar-refractivity contribution in [3.05, 3.63) is 30.3 Å². The summed E-state index contributed by atoms with van der Waals surface area (Å²) in [5.74, 6) is -0.436. The second-order valence-electron chi connectivity index (χ2n) is 5.43. The molecule has 6 nitrogen and oxygen atoms in total. The van der Waals surface area contributed by atoms with Crippen molar-refractivity contribution in [3.63, 3.8) is 0 Å². The molecule has 1 N–H and O–H groups in total. The summed E-state index contributed by atoms with van der Waals surface area (Å²) < 4.78 is 25.2. The van der Waals surface area contributed by atoms with Gasteiger partial charge in [0.05, 0.1) is 11.9 Å². The monoisotopic (exact) mass is 323 g/mol. The number of anilines is 1. The molecule has 0 radical (unpaired) electrons. The minimum absolute atomic E-state index is 0.436. The van der Waals surface area contributed by atoms with Crippen molar-refractivity contribution >= 4 is 27.3 Å². The van der Waals surface area contributed by atoms with Crippen LogP contribution in [0.5, 0.6) is 0 Å². The van der Waals surface area contributed by atoms with Crippen LogP contribution in [0.3, 0.4) is 0 Å². The number of nitrogens with zero attached hydrogens (tertiary/aromatic N) is 2. The number of rotatable bonds is 5. The van der Waals surface area contributed by atoms with Crippen LogP contribution < -0.4 is 9.73 Å². The van der Waals surface area contributed by atoms with Gasteiger partial charge >= 0.3 is 0 Å². The van der Waals surface area contributed by atoms with Gasteiger partial charge in [0.2, 0.25) is 10.0 Å². The first kappa shape index (κ1) is 16.5. The maximum atomic E-state index is 12.2. The zero-order valence-electron chi connectivity index (χ0n) is 12.8. The van der Waals surface area contributed by atoms with Gasteiger partial charge < -0.3 is 0 Å². The highest BCUT2D eigenvalue weighted by Crippen LogP contribution is 2.20. The zero-order chi connectivity index (χ0) is 16.2. The van der Waals surface area contributed by atoms with Gasteiger partial charge in [0.1, 0.15) is 6.04 Å². The highest BCUT2D eigenvalue weighted by Gasteiger charge is 2.29. The van der Waals surface area contributed by atoms with E-state index in [9.17, 15) is 13.2 Å². The lowest BCUT2D eigenvalue weighted by atomic mass is 10.2. The molecule has 1 fully saturated rings. The largest absolute Gasteiger partial charge is 0.271 e. The molecule has 0 unspecified atom stereocenters. The second kappa shape index (κ2) is 6.91. The van der Waals surface area contributed by atoms with Gasteiger partial charge in [0, 0.05) is 5.71 Å². The average molecular weight is 323 g/mol. The number of benzene rings is 1. The lowest BCUT2D eigenvalue weighted by Crippen LogP contribution is -2.46. The molecule has 120 valence electrons. The molecular weight excluding hydrogens is 302 g/mol. The van der Waals surface area contributed by atoms with E-state index in [0.717, 1.165) is 42.0 Å². The maximum absolute atomic E-state index is 12.2. The molecule has 0 saturated heterocycles. The first-order valence-electron chi connectivity index (χ1n) is 7.29. The Morgan fingerprint density at radius 2 is 1.82 bits per heavy atom. The first-order chi connectivity index (χ1) is 10.4. The van der Waals surface area contributed by atoms with Gasteiger partial charge in [-0.25, -0.2) is 13.8 Å². The van der Waals surface area contributed by atoms with E-state index in [-0.39, 0.29) is 0 Å². The number of amides is 1. The molecular formula is C15H21N3O3S. The van der Waals surface area contributed by atoms with Crippen LogP contribution in [0.2, 0.25) is 0 Å². The first-order valence-corrected chi connectivity index (χ1v) is 9.14. The van der Waals surface area contributed by atoms with Crippen molar-refractivity contribution in [3.8, 4) is 0 Å². The van der Waals surface area contributed by atoms with Gasteiger partial charge in [-0.15, -0.1) is 0 Å². The molecule has 1 atom stereocenters. The fraction of sp³-hybridized carbons (Fsp3) is 0.467. The van der Waals surface area contributed by atoms with Crippen molar-refractivity contribution in [2.75, 3.05) is 10.6 Å². The minimum Gasteiger partial charge on any atom is -0.271 e. The molecule has 1 amide bonds. The number of hydrogen-bond donors (Lipinski definition) is 1. The van der Waals surface area contributed by atoms with Crippen LogP contribution >= 0.6 is 0 Å². The van der Waals surface area contributed by atoms with Crippen molar-refractivity contribution in [1.29, 1.82) is 0 Å². The number of carbonyl (C=O) groups is 1. The van der Waals surface area contributed by atoms with Crippen LogP contribution in [-0.4, -0.2) is 32.3 Å². The lowest BCUT2D eigenvalue weighted by Gasteiger charge is -2.27. The van der Waals surface area contributed by atoms with Crippen LogP contribution in [0.15, 0.2) is 35.4 Å². The predicted octanol–water partition coefficient (Wildman–Crippen LogP) is 1.89. The molecule has 1 saturated carbocycles. The Bertz CT molecular complexity index is 648. The van der Waals surface area contributed by atoms with Crippen molar-refractivity contribution in [1.82, 2.24) is 5.43 Å². The van der Waals surface area contributed by atoms with Crippen LogP contribution in [0.1, 0.15) is 32.6 Å². The molecule has 1 aromatic carbocycles. The molecule has 22 heavy (non-hydrogen) atoms. The standard InChI is InChI=1S/C15H21N3O3S/c1-12(15(19)17-16-13-8-6-7-9-13)18(22(2,20)21)14-10-4-3-5-11-14/h3-5,10-12H,6-9H2,1-2H3,(H,17,19)/t12-/m0/s1. The second-order valence-corrected chi connectivity index (χ2v) is 7.29. The van der Waals surface area contributed by atoms with E-state index < -0.39 is 22.0 Å². The van der Waals surface area contributed by atoms with E-state index in [0.29, 0.717) is 5.69 Å². The topological polar surface area (TPSA) is 78.8 Å². The molecule has 0 aliphatic heterocycles. The van der Waals surface area contributed by atoms with Crippen molar-refractivity contribution < 1.29 is 13.2 Å². The van der Waals surface area contributed by atoms with E-state index in [1.54, 1.807) is 37.3 Å². The Labute approximate surface area is 131 Å². The molecule has 0 spiro atoms. The third-order valence-electron chi connectivity index (χ3n) is 3.60. The molecule has 2 rings (SSSR count). The fourth-order valence-electron chi connectivity index (χ4n) is 2.51. The van der Waals surface area contributed by atoms with Crippen LogP contribution in [0, 0.1) is 0 Å². The van der Waals surface area contributed by atoms with Crippen LogP contribution in [0.25, 0.3) is 0 Å². The molecule has 1 aliphatic carbocycles. The molecule has 0 heterocycles. The Morgan fingerprint density at radius 3 is 2.36 bits per heavy atom. The summed E-state index contributed by atoms with van der Waals surface area (Å²) in [6.07, 6.45) is 5.05. The van der Waals surface area contributed by atoms with E-state index in [4.69, 9.17) is 0 Å². The molecule has 0 bridgehead atoms. The van der Waals surface area contributed by atoms with Gasteiger partial charge in [0.25, 0.3) is 5.91 Å². The summed E-state index contributed by atoms with van der Waals surface area (Å²) >= 11 is 0. The van der Waals surface area contributed by atoms with Crippen molar-refractivity contribution in [2.45, 2.75) is 38.6 Å². The number of nitrogens with one attached hydrogen (secondary N) is 1. The SMILES string of the molecule is C[C@@H](C(=O)NN=C1CCCC1)N(c1ccccc1)S(C)(=O)=O. The van der Waals surface area contributed by atoms with Crippen molar-refractivity contribution in [2.24, 2.45) is 5.10 Å². The number of carbonyl (C=O) groups excluding carboxylic acids is 1. The van der Waals surface area contributed by atoms with Gasteiger partial charge in [0.15, 0.2) is 0 Å². The zero-order valence-corrected chi connectivity index (χ0v) is 13.6. The molecule has 1 aliphatic rings. The molecule has 0 aromatic heterocycles. The molecule has 1 aromatic rings. The Morgan fingerprint density at radius 1 is 1.23 bits per heavy atom. The van der Waals surface area contributed by atoms with Gasteiger partial charge in [-0.1, -0.05) is 18.2 Å². The Kier molecular flexibility index (Phi) is 5.18. The Hall–Kier alpha value is -1.89. The summed E-state index contributed by atoms with van der Waals surface area (Å²) in [5, 5.41) is 4.10. The van der Waals surface area contributed by atoms with Gasteiger partial charge in [-0.05, 0) is 44.7 Å². The van der Waals surface area contributed by atoms with Gasteiger partial charge in [-0.2, -0.15) is 5.10 Å². The fourth-order valence-corrected chi connectivity index (χ4v) is 3.68. The highest BCUT2D eigenvalue weighted by molar-refractivity contribution is 7.92. The summed E-state index contributed by atoms with van der Waals surface area (Å²) in [5.41, 5.74) is 3.91. The summed E-state index contributed by atoms with van der Waals surface area (Å²) in [6.45, 7) is 1.55. The number of sulfonamides is 1. The average Bonchev–Trinajstić information content (AvgIpc) is 2.97. The number of hydrazone groups is 1. The maximum Gasteiger partial charge on any atom is 0.263 e. The number of para-hydroxylation sites is 1. The normalized spacial score (nSPS) is 16.2. The van der Waals surface area contributed by atoms with E-state index >= 15 is 0 Å². The summed E-state index contributed by atoms with van der Waals surface area (Å²) in [6, 6.07) is 7.71. The third-order valence-corrected chi connectivity index (χ3v) is 4.85. The summed E-state index contributed by atoms with van der Waals surface area (Å²) in [4.78, 5) is 12.2. The molecule has 7 heteroatoms. The van der Waals surface area contributed by atoms with Crippen LogP contribution in [-0.2, 0) is 14.8 Å². The summed E-state index contributed by atoms with van der Waals surface area (Å²) in [7, 11) is -3.58. The number of hydrogen-bond acceptors (Lipinski definition) is 4. The Balaban J connectivity index is 2.17. The van der Waals surface area contributed by atoms with E-state index in [1.807, 2.05) is 0 Å². The van der Waals surface area contributed by atoms with Crippen LogP contribution in [0.4, 0.5) is 5.69 Å². The third kappa shape index (κ3) is 4.07. The van der Waals surface area contributed by atoms with Gasteiger partial charge in [-0.3, -0.25) is 9.10 Å².